The summed E-state index contributed by atoms with van der Waals surface area (Å²) < 4.78 is 2.35. The standard InChI is InChI=1S/C33H24N2O2/c1-33(2)27-17-9-6-16-24(27)30-31(33)25(22-14-8-11-19-29(22)35(36)37)20-26-23-15-7-10-18-28(23)34(32(26)30)21-12-4-3-5-13-21/h3-20H,1-2H3. The summed E-state index contributed by atoms with van der Waals surface area (Å²) in [6.45, 7) is 4.47. The Hall–Kier alpha value is -4.70. The van der Waals surface area contributed by atoms with E-state index in [1.54, 1.807) is 12.1 Å². The second kappa shape index (κ2) is 7.65. The van der Waals surface area contributed by atoms with Gasteiger partial charge in [-0.1, -0.05) is 86.6 Å². The molecule has 0 spiro atoms. The molecule has 0 saturated heterocycles. The molecule has 0 bridgehead atoms. The van der Waals surface area contributed by atoms with Gasteiger partial charge in [-0.25, -0.2) is 0 Å². The van der Waals surface area contributed by atoms with Gasteiger partial charge in [0.15, 0.2) is 0 Å². The maximum atomic E-state index is 12.1. The lowest BCUT2D eigenvalue weighted by Crippen LogP contribution is -2.16. The molecule has 4 heteroatoms. The van der Waals surface area contributed by atoms with E-state index >= 15 is 0 Å². The van der Waals surface area contributed by atoms with Crippen molar-refractivity contribution in [3.05, 3.63) is 130 Å². The highest BCUT2D eigenvalue weighted by Gasteiger charge is 2.41. The Morgan fingerprint density at radius 2 is 1.35 bits per heavy atom. The first-order chi connectivity index (χ1) is 18.0. The van der Waals surface area contributed by atoms with Crippen LogP contribution in [-0.2, 0) is 5.41 Å². The van der Waals surface area contributed by atoms with E-state index in [4.69, 9.17) is 0 Å². The molecule has 0 aliphatic heterocycles. The maximum Gasteiger partial charge on any atom is 0.277 e. The highest BCUT2D eigenvalue weighted by atomic mass is 16.6. The predicted molar refractivity (Wildman–Crippen MR) is 150 cm³/mol. The van der Waals surface area contributed by atoms with Crippen molar-refractivity contribution in [3.8, 4) is 27.9 Å². The van der Waals surface area contributed by atoms with Crippen LogP contribution in [-0.4, -0.2) is 9.49 Å². The Labute approximate surface area is 214 Å². The van der Waals surface area contributed by atoms with Crippen molar-refractivity contribution in [2.24, 2.45) is 0 Å². The van der Waals surface area contributed by atoms with E-state index < -0.39 is 0 Å². The summed E-state index contributed by atoms with van der Waals surface area (Å²) in [5.41, 5.74) is 9.44. The number of nitrogens with zero attached hydrogens (tertiary/aromatic N) is 2. The molecule has 7 rings (SSSR count). The summed E-state index contributed by atoms with van der Waals surface area (Å²) in [6.07, 6.45) is 0. The maximum absolute atomic E-state index is 12.1. The SMILES string of the molecule is CC1(C)c2ccccc2-c2c1c(-c1ccccc1[N+](=O)[O-])cc1c3ccccc3n(-c3ccccc3)c21. The van der Waals surface area contributed by atoms with Crippen molar-refractivity contribution in [3.63, 3.8) is 0 Å². The Kier molecular flexibility index (Phi) is 4.46. The van der Waals surface area contributed by atoms with Crippen LogP contribution in [0.15, 0.2) is 109 Å². The van der Waals surface area contributed by atoms with Gasteiger partial charge in [0.05, 0.1) is 21.5 Å². The quantitative estimate of drug-likeness (QED) is 0.188. The molecule has 1 aromatic heterocycles. The van der Waals surface area contributed by atoms with Gasteiger partial charge in [0.1, 0.15) is 0 Å². The molecule has 1 heterocycles. The number of aromatic nitrogens is 1. The van der Waals surface area contributed by atoms with Crippen molar-refractivity contribution in [2.75, 3.05) is 0 Å². The third-order valence-corrected chi connectivity index (χ3v) is 7.86. The summed E-state index contributed by atoms with van der Waals surface area (Å²) >= 11 is 0. The largest absolute Gasteiger partial charge is 0.309 e. The molecule has 0 saturated carbocycles. The van der Waals surface area contributed by atoms with Gasteiger partial charge in [0, 0.05) is 33.5 Å². The molecule has 0 radical (unpaired) electrons. The molecule has 0 atom stereocenters. The second-order valence-electron chi connectivity index (χ2n) is 10.2. The Balaban J connectivity index is 1.76. The average molecular weight is 481 g/mol. The number of para-hydroxylation sites is 3. The van der Waals surface area contributed by atoms with Crippen LogP contribution in [0.25, 0.3) is 49.7 Å². The number of benzene rings is 5. The van der Waals surface area contributed by atoms with Crippen LogP contribution < -0.4 is 0 Å². The van der Waals surface area contributed by atoms with E-state index in [2.05, 4.69) is 97.3 Å². The molecule has 6 aromatic rings. The minimum atomic E-state index is -0.336. The van der Waals surface area contributed by atoms with Crippen LogP contribution in [0.2, 0.25) is 0 Å². The number of hydrogen-bond donors (Lipinski definition) is 0. The van der Waals surface area contributed by atoms with Gasteiger partial charge in [0.25, 0.3) is 5.69 Å². The topological polar surface area (TPSA) is 48.1 Å². The zero-order chi connectivity index (χ0) is 25.3. The highest BCUT2D eigenvalue weighted by molar-refractivity contribution is 6.18. The van der Waals surface area contributed by atoms with Crippen molar-refractivity contribution in [2.45, 2.75) is 19.3 Å². The molecule has 1 aliphatic carbocycles. The zero-order valence-electron chi connectivity index (χ0n) is 20.6. The van der Waals surface area contributed by atoms with Crippen molar-refractivity contribution in [1.82, 2.24) is 4.57 Å². The summed E-state index contributed by atoms with van der Waals surface area (Å²) in [7, 11) is 0. The fourth-order valence-electron chi connectivity index (χ4n) is 6.34. The zero-order valence-corrected chi connectivity index (χ0v) is 20.6. The lowest BCUT2D eigenvalue weighted by atomic mass is 9.78. The van der Waals surface area contributed by atoms with Gasteiger partial charge < -0.3 is 4.57 Å². The number of nitro groups is 1. The van der Waals surface area contributed by atoms with Crippen LogP contribution in [0.1, 0.15) is 25.0 Å². The van der Waals surface area contributed by atoms with Crippen LogP contribution in [0.4, 0.5) is 5.69 Å². The van der Waals surface area contributed by atoms with Crippen LogP contribution in [0.3, 0.4) is 0 Å². The minimum Gasteiger partial charge on any atom is -0.309 e. The lowest BCUT2D eigenvalue weighted by molar-refractivity contribution is -0.384. The summed E-state index contributed by atoms with van der Waals surface area (Å²) in [6, 6.07) is 36.7. The van der Waals surface area contributed by atoms with Gasteiger partial charge in [-0.05, 0) is 52.6 Å². The number of rotatable bonds is 3. The highest BCUT2D eigenvalue weighted by Crippen LogP contribution is 2.56. The first-order valence-corrected chi connectivity index (χ1v) is 12.5. The van der Waals surface area contributed by atoms with Gasteiger partial charge in [0.2, 0.25) is 0 Å². The van der Waals surface area contributed by atoms with Crippen molar-refractivity contribution >= 4 is 27.5 Å². The number of fused-ring (bicyclic) bond motifs is 7. The second-order valence-corrected chi connectivity index (χ2v) is 10.2. The minimum absolute atomic E-state index is 0.127. The third kappa shape index (κ3) is 2.90. The van der Waals surface area contributed by atoms with Crippen LogP contribution in [0.5, 0.6) is 0 Å². The van der Waals surface area contributed by atoms with Crippen LogP contribution >= 0.6 is 0 Å². The van der Waals surface area contributed by atoms with Crippen LogP contribution in [0, 0.1) is 10.1 Å². The van der Waals surface area contributed by atoms with E-state index in [0.717, 1.165) is 44.2 Å². The molecule has 37 heavy (non-hydrogen) atoms. The fourth-order valence-corrected chi connectivity index (χ4v) is 6.34. The van der Waals surface area contributed by atoms with E-state index in [-0.39, 0.29) is 16.0 Å². The average Bonchev–Trinajstić information content (AvgIpc) is 3.38. The first-order valence-electron chi connectivity index (χ1n) is 12.5. The molecule has 4 nitrogen and oxygen atoms in total. The molecule has 1 aliphatic rings. The van der Waals surface area contributed by atoms with Gasteiger partial charge in [-0.15, -0.1) is 0 Å². The number of hydrogen-bond acceptors (Lipinski definition) is 2. The van der Waals surface area contributed by atoms with Crippen molar-refractivity contribution in [1.29, 1.82) is 0 Å². The molecule has 0 unspecified atom stereocenters. The molecule has 0 fully saturated rings. The molecule has 0 amide bonds. The van der Waals surface area contributed by atoms with Gasteiger partial charge >= 0.3 is 0 Å². The summed E-state index contributed by atoms with van der Waals surface area (Å²) in [5, 5.41) is 14.4. The van der Waals surface area contributed by atoms with Gasteiger partial charge in [-0.3, -0.25) is 10.1 Å². The Morgan fingerprint density at radius 3 is 2.14 bits per heavy atom. The fraction of sp³-hybridized carbons (Fsp3) is 0.0909. The monoisotopic (exact) mass is 480 g/mol. The molecular formula is C33H24N2O2. The van der Waals surface area contributed by atoms with E-state index in [1.165, 1.54) is 11.1 Å². The molecule has 178 valence electrons. The first kappa shape index (κ1) is 21.6. The molecule has 5 aromatic carbocycles. The van der Waals surface area contributed by atoms with Gasteiger partial charge in [-0.2, -0.15) is 0 Å². The lowest BCUT2D eigenvalue weighted by Gasteiger charge is -2.25. The predicted octanol–water partition coefficient (Wildman–Crippen LogP) is 8.67. The Bertz CT molecular complexity index is 1880. The smallest absolute Gasteiger partial charge is 0.277 e. The summed E-state index contributed by atoms with van der Waals surface area (Å²) in [5.74, 6) is 0. The normalized spacial score (nSPS) is 13.6. The molecular weight excluding hydrogens is 456 g/mol. The number of nitro benzene ring substituents is 1. The van der Waals surface area contributed by atoms with E-state index in [1.807, 2.05) is 18.2 Å². The van der Waals surface area contributed by atoms with E-state index in [9.17, 15) is 10.1 Å². The van der Waals surface area contributed by atoms with Crippen molar-refractivity contribution < 1.29 is 4.92 Å². The summed E-state index contributed by atoms with van der Waals surface area (Å²) in [4.78, 5) is 11.9. The van der Waals surface area contributed by atoms with E-state index in [0.29, 0.717) is 5.56 Å². The third-order valence-electron chi connectivity index (χ3n) is 7.86. The Morgan fingerprint density at radius 1 is 0.703 bits per heavy atom. The molecule has 0 N–H and O–H groups in total.